The second-order valence-corrected chi connectivity index (χ2v) is 8.17. The first kappa shape index (κ1) is 20.4. The number of hydrogen-bond acceptors (Lipinski definition) is 6. The molecule has 8 heteroatoms. The van der Waals surface area contributed by atoms with Crippen LogP contribution in [0.15, 0.2) is 18.3 Å². The van der Waals surface area contributed by atoms with Gasteiger partial charge in [-0.1, -0.05) is 0 Å². The van der Waals surface area contributed by atoms with Gasteiger partial charge in [0.25, 0.3) is 5.91 Å². The van der Waals surface area contributed by atoms with Crippen LogP contribution in [0.1, 0.15) is 52.9 Å². The fourth-order valence-corrected chi connectivity index (χ4v) is 4.30. The van der Waals surface area contributed by atoms with Gasteiger partial charge in [-0.2, -0.15) is 0 Å². The number of hydrogen-bond donors (Lipinski definition) is 0. The lowest BCUT2D eigenvalue weighted by Gasteiger charge is -2.34. The molecule has 4 rings (SSSR count). The van der Waals surface area contributed by atoms with E-state index in [1.165, 1.54) is 0 Å². The Hall–Kier alpha value is -2.87. The molecule has 2 aromatic rings. The maximum absolute atomic E-state index is 13.3. The molecular formula is C22H27N5O3. The van der Waals surface area contributed by atoms with Crippen molar-refractivity contribution in [2.75, 3.05) is 31.7 Å². The lowest BCUT2D eigenvalue weighted by atomic mass is 9.96. The van der Waals surface area contributed by atoms with Crippen molar-refractivity contribution in [3.8, 4) is 0 Å². The third-order valence-electron chi connectivity index (χ3n) is 6.12. The lowest BCUT2D eigenvalue weighted by molar-refractivity contribution is -0.117. The second-order valence-electron chi connectivity index (χ2n) is 8.17. The van der Waals surface area contributed by atoms with Gasteiger partial charge < -0.3 is 9.64 Å². The standard InChI is InChI=1S/C22H27N5O3/c1-14-6-7-16(13-23-14)20(29)27-9-5-8-22(27,3)21-24-15(2)17-12-18(28)26(10-11-30-4)19(17)25-21/h6-7,13H,5,8-12H2,1-4H3. The van der Waals surface area contributed by atoms with Crippen LogP contribution < -0.4 is 4.90 Å². The number of anilines is 1. The molecule has 1 saturated heterocycles. The maximum Gasteiger partial charge on any atom is 0.256 e. The first-order valence-electron chi connectivity index (χ1n) is 10.3. The van der Waals surface area contributed by atoms with E-state index in [1.807, 2.05) is 37.8 Å². The first-order valence-corrected chi connectivity index (χ1v) is 10.3. The molecule has 1 unspecified atom stereocenters. The minimum atomic E-state index is -0.639. The average Bonchev–Trinajstić information content (AvgIpc) is 3.27. The fraction of sp³-hybridized carbons (Fsp3) is 0.500. The number of nitrogens with zero attached hydrogens (tertiary/aromatic N) is 5. The van der Waals surface area contributed by atoms with Crippen LogP contribution in [0.2, 0.25) is 0 Å². The third-order valence-corrected chi connectivity index (χ3v) is 6.12. The van der Waals surface area contributed by atoms with Gasteiger partial charge in [-0.25, -0.2) is 9.97 Å². The maximum atomic E-state index is 13.3. The van der Waals surface area contributed by atoms with Crippen LogP contribution in [-0.4, -0.2) is 58.5 Å². The van der Waals surface area contributed by atoms with Crippen LogP contribution >= 0.6 is 0 Å². The molecule has 8 nitrogen and oxygen atoms in total. The molecule has 2 aliphatic heterocycles. The molecule has 2 aliphatic rings. The molecule has 0 N–H and O–H groups in total. The van der Waals surface area contributed by atoms with Crippen LogP contribution in [0.3, 0.4) is 0 Å². The van der Waals surface area contributed by atoms with Crippen molar-refractivity contribution in [1.29, 1.82) is 0 Å². The zero-order valence-corrected chi connectivity index (χ0v) is 17.9. The van der Waals surface area contributed by atoms with Crippen molar-refractivity contribution in [2.24, 2.45) is 0 Å². The van der Waals surface area contributed by atoms with Gasteiger partial charge in [-0.05, 0) is 45.7 Å². The Morgan fingerprint density at radius 3 is 2.77 bits per heavy atom. The van der Waals surface area contributed by atoms with Gasteiger partial charge >= 0.3 is 0 Å². The molecule has 0 spiro atoms. The normalized spacial score (nSPS) is 20.7. The molecular weight excluding hydrogens is 382 g/mol. The Morgan fingerprint density at radius 1 is 1.27 bits per heavy atom. The topological polar surface area (TPSA) is 88.5 Å². The highest BCUT2D eigenvalue weighted by Gasteiger charge is 2.45. The fourth-order valence-electron chi connectivity index (χ4n) is 4.30. The highest BCUT2D eigenvalue weighted by atomic mass is 16.5. The van der Waals surface area contributed by atoms with Crippen LogP contribution in [0.4, 0.5) is 5.82 Å². The third kappa shape index (κ3) is 3.35. The first-order chi connectivity index (χ1) is 14.3. The Balaban J connectivity index is 1.71. The molecule has 0 saturated carbocycles. The molecule has 158 valence electrons. The van der Waals surface area contributed by atoms with Crippen molar-refractivity contribution in [2.45, 2.75) is 45.6 Å². The van der Waals surface area contributed by atoms with Crippen molar-refractivity contribution in [1.82, 2.24) is 19.9 Å². The summed E-state index contributed by atoms with van der Waals surface area (Å²) in [4.78, 5) is 43.2. The number of pyridine rings is 1. The van der Waals surface area contributed by atoms with Crippen molar-refractivity contribution >= 4 is 17.6 Å². The van der Waals surface area contributed by atoms with Gasteiger partial charge in [0.2, 0.25) is 5.91 Å². The summed E-state index contributed by atoms with van der Waals surface area (Å²) in [6, 6.07) is 3.65. The minimum Gasteiger partial charge on any atom is -0.383 e. The SMILES string of the molecule is COCCN1C(=O)Cc2c(C)nc(C3(C)CCCN3C(=O)c3ccc(C)nc3)nc21. The van der Waals surface area contributed by atoms with E-state index >= 15 is 0 Å². The highest BCUT2D eigenvalue weighted by Crippen LogP contribution is 2.40. The molecule has 0 radical (unpaired) electrons. The molecule has 1 atom stereocenters. The number of amides is 2. The van der Waals surface area contributed by atoms with E-state index in [9.17, 15) is 9.59 Å². The van der Waals surface area contributed by atoms with Gasteiger partial charge in [0.1, 0.15) is 11.4 Å². The molecule has 30 heavy (non-hydrogen) atoms. The molecule has 0 bridgehead atoms. The van der Waals surface area contributed by atoms with E-state index in [0.717, 1.165) is 29.8 Å². The molecule has 2 amide bonds. The van der Waals surface area contributed by atoms with Crippen LogP contribution in [0, 0.1) is 13.8 Å². The smallest absolute Gasteiger partial charge is 0.256 e. The predicted octanol–water partition coefficient (Wildman–Crippen LogP) is 2.18. The van der Waals surface area contributed by atoms with E-state index in [1.54, 1.807) is 18.2 Å². The van der Waals surface area contributed by atoms with Gasteiger partial charge in [-0.3, -0.25) is 19.5 Å². The van der Waals surface area contributed by atoms with E-state index in [-0.39, 0.29) is 11.8 Å². The predicted molar refractivity (Wildman–Crippen MR) is 111 cm³/mol. The number of carbonyl (C=O) groups is 2. The zero-order valence-electron chi connectivity index (χ0n) is 17.9. The summed E-state index contributed by atoms with van der Waals surface area (Å²) in [6.07, 6.45) is 3.56. The Labute approximate surface area is 176 Å². The van der Waals surface area contributed by atoms with E-state index in [0.29, 0.717) is 43.3 Å². The Morgan fingerprint density at radius 2 is 2.07 bits per heavy atom. The molecule has 1 fully saturated rings. The number of ether oxygens (including phenoxy) is 1. The summed E-state index contributed by atoms with van der Waals surface area (Å²) in [5, 5.41) is 0. The summed E-state index contributed by atoms with van der Waals surface area (Å²) >= 11 is 0. The number of aromatic nitrogens is 3. The van der Waals surface area contributed by atoms with Crippen molar-refractivity contribution < 1.29 is 14.3 Å². The zero-order chi connectivity index (χ0) is 21.5. The highest BCUT2D eigenvalue weighted by molar-refractivity contribution is 6.00. The summed E-state index contributed by atoms with van der Waals surface area (Å²) in [6.45, 7) is 7.34. The lowest BCUT2D eigenvalue weighted by Crippen LogP contribution is -2.44. The average molecular weight is 409 g/mol. The quantitative estimate of drug-likeness (QED) is 0.752. The van der Waals surface area contributed by atoms with E-state index in [4.69, 9.17) is 14.7 Å². The van der Waals surface area contributed by atoms with Gasteiger partial charge in [-0.15, -0.1) is 0 Å². The van der Waals surface area contributed by atoms with Crippen LogP contribution in [-0.2, 0) is 21.5 Å². The summed E-state index contributed by atoms with van der Waals surface area (Å²) < 4.78 is 5.16. The van der Waals surface area contributed by atoms with Crippen molar-refractivity contribution in [3.05, 3.63) is 46.7 Å². The summed E-state index contributed by atoms with van der Waals surface area (Å²) in [7, 11) is 1.61. The van der Waals surface area contributed by atoms with E-state index in [2.05, 4.69) is 4.98 Å². The molecule has 2 aromatic heterocycles. The largest absolute Gasteiger partial charge is 0.383 e. The Bertz CT molecular complexity index is 991. The number of carbonyl (C=O) groups excluding carboxylic acids is 2. The summed E-state index contributed by atoms with van der Waals surface area (Å²) in [5.74, 6) is 1.17. The number of methoxy groups -OCH3 is 1. The van der Waals surface area contributed by atoms with E-state index < -0.39 is 5.54 Å². The minimum absolute atomic E-state index is 0.00633. The summed E-state index contributed by atoms with van der Waals surface area (Å²) in [5.41, 5.74) is 2.45. The van der Waals surface area contributed by atoms with Crippen LogP contribution in [0.25, 0.3) is 0 Å². The Kier molecular flexibility index (Phi) is 5.27. The molecule has 0 aliphatic carbocycles. The molecule has 0 aromatic carbocycles. The number of aryl methyl sites for hydroxylation is 2. The van der Waals surface area contributed by atoms with Gasteiger partial charge in [0.15, 0.2) is 5.82 Å². The van der Waals surface area contributed by atoms with Gasteiger partial charge in [0.05, 0.1) is 25.1 Å². The van der Waals surface area contributed by atoms with Gasteiger partial charge in [0, 0.05) is 36.8 Å². The monoisotopic (exact) mass is 409 g/mol. The molecule has 4 heterocycles. The second kappa shape index (κ2) is 7.75. The van der Waals surface area contributed by atoms with Crippen molar-refractivity contribution in [3.63, 3.8) is 0 Å². The number of fused-ring (bicyclic) bond motifs is 1. The number of rotatable bonds is 5. The van der Waals surface area contributed by atoms with Crippen LogP contribution in [0.5, 0.6) is 0 Å². The number of likely N-dealkylation sites (tertiary alicyclic amines) is 1.